The van der Waals surface area contributed by atoms with Crippen LogP contribution in [0.4, 0.5) is 0 Å². The van der Waals surface area contributed by atoms with Crippen LogP contribution in [0.25, 0.3) is 0 Å². The van der Waals surface area contributed by atoms with Gasteiger partial charge >= 0.3 is 11.9 Å². The number of hydrogen-bond donors (Lipinski definition) is 1. The molecule has 286 valence electrons. The smallest absolute Gasteiger partial charge is 0.305 e. The molecule has 0 bridgehead atoms. The number of aliphatic hydroxyl groups is 1. The van der Waals surface area contributed by atoms with Crippen LogP contribution >= 0.6 is 0 Å². The topological polar surface area (TPSA) is 72.8 Å². The minimum absolute atomic E-state index is 0.108. The fourth-order valence-electron chi connectivity index (χ4n) is 6.42. The molecule has 1 unspecified atom stereocenters. The molecule has 0 amide bonds. The predicted octanol–water partition coefficient (Wildman–Crippen LogP) is 13.2. The van der Waals surface area contributed by atoms with E-state index in [1.165, 1.54) is 167 Å². The Balaban J connectivity index is 3.38. The van der Waals surface area contributed by atoms with Crippen LogP contribution in [0.15, 0.2) is 0 Å². The largest absolute Gasteiger partial charge is 0.463 e. The first-order valence-electron chi connectivity index (χ1n) is 21.3. The van der Waals surface area contributed by atoms with Gasteiger partial charge in [0.05, 0.1) is 0 Å². The third kappa shape index (κ3) is 37.7. The van der Waals surface area contributed by atoms with Crippen molar-refractivity contribution < 1.29 is 24.2 Å². The highest BCUT2D eigenvalue weighted by Crippen LogP contribution is 2.17. The normalized spacial score (nSPS) is 12.8. The molecule has 5 nitrogen and oxygen atoms in total. The van der Waals surface area contributed by atoms with E-state index in [0.29, 0.717) is 12.8 Å². The lowest BCUT2D eigenvalue weighted by atomic mass is 9.99. The third-order valence-electron chi connectivity index (χ3n) is 10.1. The van der Waals surface area contributed by atoms with Crippen molar-refractivity contribution in [1.82, 2.24) is 0 Å². The van der Waals surface area contributed by atoms with Gasteiger partial charge in [0.25, 0.3) is 0 Å². The van der Waals surface area contributed by atoms with Gasteiger partial charge in [0, 0.05) is 12.8 Å². The molecular weight excluding hydrogens is 596 g/mol. The quantitative estimate of drug-likeness (QED) is 0.0519. The summed E-state index contributed by atoms with van der Waals surface area (Å²) in [4.78, 5) is 24.0. The lowest BCUT2D eigenvalue weighted by Crippen LogP contribution is -2.25. The predicted molar refractivity (Wildman–Crippen MR) is 205 cm³/mol. The lowest BCUT2D eigenvalue weighted by Gasteiger charge is -2.12. The summed E-state index contributed by atoms with van der Waals surface area (Å²) in [5.41, 5.74) is 0. The van der Waals surface area contributed by atoms with Gasteiger partial charge < -0.3 is 14.6 Å². The van der Waals surface area contributed by atoms with Crippen molar-refractivity contribution in [3.05, 3.63) is 0 Å². The first kappa shape index (κ1) is 46.9. The van der Waals surface area contributed by atoms with Crippen LogP contribution < -0.4 is 0 Å². The van der Waals surface area contributed by atoms with Gasteiger partial charge in [0.2, 0.25) is 0 Å². The molecule has 0 heterocycles. The fraction of sp³-hybridized carbons (Fsp3) is 0.953. The van der Waals surface area contributed by atoms with E-state index in [1.807, 2.05) is 0 Å². The van der Waals surface area contributed by atoms with Crippen LogP contribution in [0.2, 0.25) is 0 Å². The summed E-state index contributed by atoms with van der Waals surface area (Å²) in [7, 11) is 0. The molecule has 5 heteroatoms. The zero-order valence-electron chi connectivity index (χ0n) is 32.9. The lowest BCUT2D eigenvalue weighted by molar-refractivity contribution is -0.152. The van der Waals surface area contributed by atoms with Gasteiger partial charge in [0.15, 0.2) is 0 Å². The Morgan fingerprint density at radius 1 is 0.438 bits per heavy atom. The van der Waals surface area contributed by atoms with Crippen LogP contribution in [-0.4, -0.2) is 36.4 Å². The second kappa shape index (κ2) is 37.2. The minimum Gasteiger partial charge on any atom is -0.463 e. The summed E-state index contributed by atoms with van der Waals surface area (Å²) in [5.74, 6) is 1.20. The molecule has 1 N–H and O–H groups in total. The molecule has 0 aliphatic heterocycles. The standard InChI is InChI=1S/C43H84O5/c1-5-40(4)34-30-26-22-18-14-10-6-7-11-15-19-23-27-31-35-42(45)47-37-41(44)38-48-43(46)36-32-28-24-20-16-12-8-9-13-17-21-25-29-33-39(2)3/h39-41,44H,5-38H2,1-4H3/t40?,41-/m0/s1. The number of carbonyl (C=O) groups is 2. The van der Waals surface area contributed by atoms with Gasteiger partial charge in [-0.1, -0.05) is 207 Å². The molecule has 0 aromatic heterocycles. The Kier molecular flexibility index (Phi) is 36.3. The van der Waals surface area contributed by atoms with Crippen LogP contribution in [0.3, 0.4) is 0 Å². The zero-order chi connectivity index (χ0) is 35.3. The van der Waals surface area contributed by atoms with E-state index in [2.05, 4.69) is 27.7 Å². The van der Waals surface area contributed by atoms with Crippen LogP contribution in [0, 0.1) is 11.8 Å². The number of hydrogen-bond acceptors (Lipinski definition) is 5. The van der Waals surface area contributed by atoms with E-state index in [-0.39, 0.29) is 25.2 Å². The van der Waals surface area contributed by atoms with E-state index in [4.69, 9.17) is 9.47 Å². The number of unbranched alkanes of at least 4 members (excludes halogenated alkanes) is 25. The Morgan fingerprint density at radius 2 is 0.708 bits per heavy atom. The molecule has 0 radical (unpaired) electrons. The molecule has 2 atom stereocenters. The maximum absolute atomic E-state index is 12.0. The van der Waals surface area contributed by atoms with E-state index in [9.17, 15) is 14.7 Å². The van der Waals surface area contributed by atoms with Gasteiger partial charge in [0.1, 0.15) is 19.3 Å². The monoisotopic (exact) mass is 681 g/mol. The molecule has 0 fully saturated rings. The summed E-state index contributed by atoms with van der Waals surface area (Å²) in [6.45, 7) is 9.08. The molecule has 0 aliphatic carbocycles. The Hall–Kier alpha value is -1.10. The summed E-state index contributed by atoms with van der Waals surface area (Å²) in [6, 6.07) is 0. The van der Waals surface area contributed by atoms with Crippen molar-refractivity contribution in [3.63, 3.8) is 0 Å². The number of esters is 2. The average molecular weight is 681 g/mol. The van der Waals surface area contributed by atoms with E-state index < -0.39 is 6.10 Å². The molecule has 0 aromatic carbocycles. The van der Waals surface area contributed by atoms with Gasteiger partial charge in [-0.05, 0) is 24.7 Å². The highest BCUT2D eigenvalue weighted by Gasteiger charge is 2.12. The second-order valence-electron chi connectivity index (χ2n) is 15.6. The maximum atomic E-state index is 12.0. The first-order valence-corrected chi connectivity index (χ1v) is 21.3. The third-order valence-corrected chi connectivity index (χ3v) is 10.1. The highest BCUT2D eigenvalue weighted by molar-refractivity contribution is 5.69. The summed E-state index contributed by atoms with van der Waals surface area (Å²) in [6.07, 6.45) is 38.7. The van der Waals surface area contributed by atoms with Crippen LogP contribution in [-0.2, 0) is 19.1 Å². The summed E-state index contributed by atoms with van der Waals surface area (Å²) < 4.78 is 10.4. The maximum Gasteiger partial charge on any atom is 0.305 e. The fourth-order valence-corrected chi connectivity index (χ4v) is 6.42. The van der Waals surface area contributed by atoms with Crippen LogP contribution in [0.1, 0.15) is 233 Å². The van der Waals surface area contributed by atoms with E-state index in [0.717, 1.165) is 37.5 Å². The molecule has 0 spiro atoms. The summed E-state index contributed by atoms with van der Waals surface area (Å²) in [5, 5.41) is 10.0. The van der Waals surface area contributed by atoms with Crippen LogP contribution in [0.5, 0.6) is 0 Å². The van der Waals surface area contributed by atoms with Crippen molar-refractivity contribution in [2.24, 2.45) is 11.8 Å². The molecule has 0 aromatic rings. The number of carbonyl (C=O) groups excluding carboxylic acids is 2. The number of ether oxygens (including phenoxy) is 2. The highest BCUT2D eigenvalue weighted by atomic mass is 16.6. The Bertz CT molecular complexity index is 678. The van der Waals surface area contributed by atoms with Crippen molar-refractivity contribution in [2.45, 2.75) is 239 Å². The SMILES string of the molecule is CCC(C)CCCCCCCCCCCCCCCCC(=O)OC[C@H](O)COC(=O)CCCCCCCCCCCCCCCC(C)C. The Labute approximate surface area is 299 Å². The second-order valence-corrected chi connectivity index (χ2v) is 15.6. The minimum atomic E-state index is -0.956. The van der Waals surface area contributed by atoms with Gasteiger partial charge in [-0.15, -0.1) is 0 Å². The first-order chi connectivity index (χ1) is 23.3. The molecule has 0 rings (SSSR count). The van der Waals surface area contributed by atoms with E-state index >= 15 is 0 Å². The van der Waals surface area contributed by atoms with Gasteiger partial charge in [-0.3, -0.25) is 9.59 Å². The van der Waals surface area contributed by atoms with Gasteiger partial charge in [-0.25, -0.2) is 0 Å². The van der Waals surface area contributed by atoms with Crippen molar-refractivity contribution in [2.75, 3.05) is 13.2 Å². The van der Waals surface area contributed by atoms with Gasteiger partial charge in [-0.2, -0.15) is 0 Å². The molecule has 0 saturated heterocycles. The molecule has 48 heavy (non-hydrogen) atoms. The van der Waals surface area contributed by atoms with Crippen molar-refractivity contribution in [1.29, 1.82) is 0 Å². The zero-order valence-corrected chi connectivity index (χ0v) is 32.9. The number of rotatable bonds is 38. The number of aliphatic hydroxyl groups excluding tert-OH is 1. The van der Waals surface area contributed by atoms with Crippen molar-refractivity contribution >= 4 is 11.9 Å². The van der Waals surface area contributed by atoms with Crippen molar-refractivity contribution in [3.8, 4) is 0 Å². The summed E-state index contributed by atoms with van der Waals surface area (Å²) >= 11 is 0. The van der Waals surface area contributed by atoms with E-state index in [1.54, 1.807) is 0 Å². The molecule has 0 saturated carbocycles. The average Bonchev–Trinajstić information content (AvgIpc) is 3.07. The molecular formula is C43H84O5. The molecule has 0 aliphatic rings. The Morgan fingerprint density at radius 3 is 1.00 bits per heavy atom.